The van der Waals surface area contributed by atoms with Crippen LogP contribution < -0.4 is 16.8 Å². The maximum Gasteiger partial charge on any atom is 0.258 e. The number of rotatable bonds is 0. The highest BCUT2D eigenvalue weighted by Crippen LogP contribution is 2.38. The summed E-state index contributed by atoms with van der Waals surface area (Å²) in [4.78, 5) is 24.6. The number of nitrogens with one attached hydrogen (secondary N) is 2. The fourth-order valence-electron chi connectivity index (χ4n) is 2.66. The van der Waals surface area contributed by atoms with Gasteiger partial charge in [0.25, 0.3) is 5.91 Å². The van der Waals surface area contributed by atoms with Gasteiger partial charge in [0.2, 0.25) is 5.78 Å². The zero-order valence-electron chi connectivity index (χ0n) is 11.1. The predicted molar refractivity (Wildman–Crippen MR) is 81.4 cm³/mol. The third kappa shape index (κ3) is 1.75. The predicted octanol–water partition coefficient (Wildman–Crippen LogP) is 2.82. The summed E-state index contributed by atoms with van der Waals surface area (Å²) in [6, 6.07) is 14.6. The summed E-state index contributed by atoms with van der Waals surface area (Å²) in [5.41, 5.74) is 3.63. The van der Waals surface area contributed by atoms with Crippen molar-refractivity contribution in [2.45, 2.75) is 0 Å². The number of amides is 1. The van der Waals surface area contributed by atoms with E-state index in [1.807, 2.05) is 42.5 Å². The van der Waals surface area contributed by atoms with Crippen LogP contribution in [0.25, 0.3) is 5.57 Å². The number of fused-ring (bicyclic) bond motifs is 2. The van der Waals surface area contributed by atoms with E-state index in [4.69, 9.17) is 0 Å². The van der Waals surface area contributed by atoms with E-state index in [0.29, 0.717) is 16.8 Å². The van der Waals surface area contributed by atoms with E-state index in [1.165, 1.54) is 0 Å². The molecule has 2 heterocycles. The Kier molecular flexibility index (Phi) is 2.85. The average molecular weight is 279 g/mol. The highest BCUT2D eigenvalue weighted by molar-refractivity contribution is 6.38. The van der Waals surface area contributed by atoms with Gasteiger partial charge in [-0.1, -0.05) is 30.3 Å². The van der Waals surface area contributed by atoms with Gasteiger partial charge >= 0.3 is 0 Å². The van der Waals surface area contributed by atoms with Crippen molar-refractivity contribution in [2.75, 3.05) is 10.6 Å². The van der Waals surface area contributed by atoms with Gasteiger partial charge in [-0.2, -0.15) is 0 Å². The minimum atomic E-state index is -0.241. The van der Waals surface area contributed by atoms with Gasteiger partial charge in [-0.05, 0) is 18.2 Å². The zero-order valence-corrected chi connectivity index (χ0v) is 11.1. The smallest absolute Gasteiger partial charge is 0.258 e. The Morgan fingerprint density at radius 2 is 1.29 bits per heavy atom. The number of ketones is 1. The van der Waals surface area contributed by atoms with E-state index < -0.39 is 0 Å². The first-order valence-corrected chi connectivity index (χ1v) is 6.31. The summed E-state index contributed by atoms with van der Waals surface area (Å²) >= 11 is 0. The Balaban J connectivity index is 0.00000132. The van der Waals surface area contributed by atoms with E-state index in [1.54, 1.807) is 6.07 Å². The molecule has 0 atom stereocenters. The molecule has 0 spiro atoms. The molecular formula is C16H13N3O2. The van der Waals surface area contributed by atoms with E-state index >= 15 is 0 Å². The molecule has 2 aliphatic rings. The summed E-state index contributed by atoms with van der Waals surface area (Å²) < 4.78 is 0. The molecule has 21 heavy (non-hydrogen) atoms. The SMILES string of the molecule is N.O=C1Nc2ccccc2/C1=C1\Nc2ccccc2C1=O. The number of carbonyl (C=O) groups excluding carboxylic acids is 2. The fourth-order valence-corrected chi connectivity index (χ4v) is 2.66. The second kappa shape index (κ2) is 4.57. The molecule has 5 nitrogen and oxygen atoms in total. The lowest BCUT2D eigenvalue weighted by Gasteiger charge is -2.03. The quantitative estimate of drug-likeness (QED) is 0.646. The van der Waals surface area contributed by atoms with Crippen molar-refractivity contribution in [1.82, 2.24) is 6.15 Å². The van der Waals surface area contributed by atoms with Crippen molar-refractivity contribution in [2.24, 2.45) is 0 Å². The Morgan fingerprint density at radius 1 is 0.714 bits per heavy atom. The van der Waals surface area contributed by atoms with Crippen LogP contribution in [0.1, 0.15) is 15.9 Å². The van der Waals surface area contributed by atoms with Crippen LogP contribution in [0.3, 0.4) is 0 Å². The fraction of sp³-hybridized carbons (Fsp3) is 0. The molecule has 0 saturated heterocycles. The Bertz CT molecular complexity index is 809. The summed E-state index contributed by atoms with van der Waals surface area (Å²) in [6.45, 7) is 0. The molecule has 4 rings (SSSR count). The Hall–Kier alpha value is -2.92. The van der Waals surface area contributed by atoms with Crippen LogP contribution in [0, 0.1) is 0 Å². The minimum absolute atomic E-state index is 0. The summed E-state index contributed by atoms with van der Waals surface area (Å²) in [5, 5.41) is 5.85. The van der Waals surface area contributed by atoms with E-state index in [-0.39, 0.29) is 17.8 Å². The van der Waals surface area contributed by atoms with Gasteiger partial charge in [0.1, 0.15) is 5.70 Å². The maximum absolute atomic E-state index is 12.4. The molecule has 2 aromatic rings. The van der Waals surface area contributed by atoms with Crippen LogP contribution in [-0.2, 0) is 4.79 Å². The second-order valence-electron chi connectivity index (χ2n) is 4.75. The van der Waals surface area contributed by atoms with Crippen molar-refractivity contribution < 1.29 is 9.59 Å². The summed E-state index contributed by atoms with van der Waals surface area (Å²) in [5.74, 6) is -0.377. The summed E-state index contributed by atoms with van der Waals surface area (Å²) in [7, 11) is 0. The molecule has 0 bridgehead atoms. The molecule has 2 aromatic carbocycles. The lowest BCUT2D eigenvalue weighted by Crippen LogP contribution is -2.11. The molecule has 0 saturated carbocycles. The van der Waals surface area contributed by atoms with Crippen LogP contribution in [0.5, 0.6) is 0 Å². The van der Waals surface area contributed by atoms with Crippen LogP contribution >= 0.6 is 0 Å². The van der Waals surface area contributed by atoms with E-state index in [0.717, 1.165) is 16.9 Å². The molecule has 1 amide bonds. The van der Waals surface area contributed by atoms with Crippen molar-refractivity contribution in [1.29, 1.82) is 0 Å². The van der Waals surface area contributed by atoms with Gasteiger partial charge in [-0.25, -0.2) is 0 Å². The van der Waals surface area contributed by atoms with Crippen molar-refractivity contribution in [3.63, 3.8) is 0 Å². The molecule has 2 aliphatic heterocycles. The molecule has 0 aliphatic carbocycles. The number of Topliss-reactive ketones (excluding diaryl/α,β-unsaturated/α-hetero) is 1. The number of carbonyl (C=O) groups is 2. The van der Waals surface area contributed by atoms with Gasteiger partial charge in [0.05, 0.1) is 5.57 Å². The second-order valence-corrected chi connectivity index (χ2v) is 4.75. The monoisotopic (exact) mass is 279 g/mol. The number of hydrogen-bond acceptors (Lipinski definition) is 4. The standard InChI is InChI=1S/C16H10N2O2.H3N/c19-15-10-6-2-4-8-12(10)17-14(15)13-9-5-1-3-7-11(9)18-16(13)20;/h1-8,17H,(H,18,20);1H3/b14-13+;. The topological polar surface area (TPSA) is 93.2 Å². The molecule has 104 valence electrons. The first kappa shape index (κ1) is 13.1. The van der Waals surface area contributed by atoms with Crippen molar-refractivity contribution >= 4 is 28.6 Å². The molecule has 5 N–H and O–H groups in total. The van der Waals surface area contributed by atoms with E-state index in [9.17, 15) is 9.59 Å². The largest absolute Gasteiger partial charge is 0.351 e. The third-order valence-corrected chi connectivity index (χ3v) is 3.58. The lowest BCUT2D eigenvalue weighted by atomic mass is 10.0. The summed E-state index contributed by atoms with van der Waals surface area (Å²) in [6.07, 6.45) is 0. The van der Waals surface area contributed by atoms with Crippen LogP contribution in [0.15, 0.2) is 54.2 Å². The van der Waals surface area contributed by atoms with Crippen LogP contribution in [0.4, 0.5) is 11.4 Å². The highest BCUT2D eigenvalue weighted by atomic mass is 16.2. The van der Waals surface area contributed by atoms with Crippen molar-refractivity contribution in [3.05, 3.63) is 65.4 Å². The first-order chi connectivity index (χ1) is 9.75. The van der Waals surface area contributed by atoms with Gasteiger partial charge in [0.15, 0.2) is 0 Å². The van der Waals surface area contributed by atoms with Gasteiger partial charge in [-0.15, -0.1) is 0 Å². The number of allylic oxidation sites excluding steroid dienone is 1. The zero-order chi connectivity index (χ0) is 13.7. The highest BCUT2D eigenvalue weighted by Gasteiger charge is 2.34. The number of para-hydroxylation sites is 2. The number of hydrogen-bond donors (Lipinski definition) is 3. The third-order valence-electron chi connectivity index (χ3n) is 3.58. The molecule has 0 unspecified atom stereocenters. The molecule has 0 aromatic heterocycles. The molecule has 5 heteroatoms. The van der Waals surface area contributed by atoms with Crippen molar-refractivity contribution in [3.8, 4) is 0 Å². The maximum atomic E-state index is 12.4. The number of benzene rings is 2. The van der Waals surface area contributed by atoms with Gasteiger partial charge < -0.3 is 16.8 Å². The van der Waals surface area contributed by atoms with Crippen LogP contribution in [0.2, 0.25) is 0 Å². The average Bonchev–Trinajstić information content (AvgIpc) is 2.96. The molecule has 0 radical (unpaired) electrons. The van der Waals surface area contributed by atoms with Gasteiger partial charge in [-0.3, -0.25) is 9.59 Å². The van der Waals surface area contributed by atoms with E-state index in [2.05, 4.69) is 10.6 Å². The minimum Gasteiger partial charge on any atom is -0.351 e. The van der Waals surface area contributed by atoms with Gasteiger partial charge in [0, 0.05) is 22.5 Å². The normalized spacial score (nSPS) is 18.5. The Morgan fingerprint density at radius 3 is 1.95 bits per heavy atom. The Labute approximate surface area is 121 Å². The number of anilines is 2. The molecule has 0 fully saturated rings. The lowest BCUT2D eigenvalue weighted by molar-refractivity contribution is -0.110. The van der Waals surface area contributed by atoms with Crippen LogP contribution in [-0.4, -0.2) is 11.7 Å². The first-order valence-electron chi connectivity index (χ1n) is 6.31. The molecular weight excluding hydrogens is 266 g/mol.